The van der Waals surface area contributed by atoms with Crippen molar-refractivity contribution in [2.24, 2.45) is 4.99 Å². The lowest BCUT2D eigenvalue weighted by Crippen LogP contribution is -2.48. The van der Waals surface area contributed by atoms with Crippen LogP contribution in [0.15, 0.2) is 114 Å². The normalized spacial score (nSPS) is 14.2. The van der Waals surface area contributed by atoms with Crippen LogP contribution in [0, 0.1) is 0 Å². The molecule has 0 saturated carbocycles. The van der Waals surface area contributed by atoms with Gasteiger partial charge in [-0.25, -0.2) is 9.79 Å². The summed E-state index contributed by atoms with van der Waals surface area (Å²) in [5.41, 5.74) is 4.01. The number of nitrogens with zero attached hydrogens (tertiary/aromatic N) is 2. The third-order valence-corrected chi connectivity index (χ3v) is 6.39. The molecule has 4 aromatic rings. The highest BCUT2D eigenvalue weighted by atomic mass is 16.5. The standard InChI is InChI=1S/C32H26N4O5/c37-20-19-36-27-14-8-7-13-26(27)28(23-11-5-2-6-12-23)34-29(31(36)39)35-30(38)24-15-17-25(18-16-24)33-32(40)41-21-22-9-3-1-4-10-22/h1-18,20,29H,19,21H2,(H,33,40)(H,35,38). The van der Waals surface area contributed by atoms with Crippen molar-refractivity contribution in [1.82, 2.24) is 5.32 Å². The van der Waals surface area contributed by atoms with Gasteiger partial charge in [0.25, 0.3) is 11.8 Å². The number of benzene rings is 4. The number of nitrogens with one attached hydrogen (secondary N) is 2. The van der Waals surface area contributed by atoms with Gasteiger partial charge in [0.05, 0.1) is 17.9 Å². The molecule has 1 unspecified atom stereocenters. The molecule has 204 valence electrons. The molecule has 1 heterocycles. The number of hydrogen-bond acceptors (Lipinski definition) is 6. The first-order valence-corrected chi connectivity index (χ1v) is 12.9. The van der Waals surface area contributed by atoms with E-state index in [2.05, 4.69) is 15.6 Å². The number of benzodiazepines with no additional fused rings is 1. The molecule has 0 aliphatic carbocycles. The Labute approximate surface area is 236 Å². The molecule has 4 aromatic carbocycles. The van der Waals surface area contributed by atoms with Crippen LogP contribution < -0.4 is 15.5 Å². The minimum atomic E-state index is -1.28. The first kappa shape index (κ1) is 27.0. The smallest absolute Gasteiger partial charge is 0.411 e. The van der Waals surface area contributed by atoms with Crippen LogP contribution in [0.25, 0.3) is 0 Å². The number of ether oxygens (including phenoxy) is 1. The Kier molecular flexibility index (Phi) is 8.25. The van der Waals surface area contributed by atoms with Crippen molar-refractivity contribution in [2.75, 3.05) is 16.8 Å². The van der Waals surface area contributed by atoms with Crippen molar-refractivity contribution in [1.29, 1.82) is 0 Å². The van der Waals surface area contributed by atoms with E-state index in [0.29, 0.717) is 28.9 Å². The SMILES string of the molecule is O=CCN1C(=O)C(NC(=O)c2ccc(NC(=O)OCc3ccccc3)cc2)N=C(c2ccccc2)c2ccccc21. The van der Waals surface area contributed by atoms with Gasteiger partial charge in [-0.1, -0.05) is 78.9 Å². The van der Waals surface area contributed by atoms with Crippen LogP contribution in [-0.2, 0) is 20.9 Å². The van der Waals surface area contributed by atoms with Gasteiger partial charge in [-0.2, -0.15) is 0 Å². The molecular formula is C32H26N4O5. The molecule has 9 heteroatoms. The molecule has 1 aliphatic heterocycles. The van der Waals surface area contributed by atoms with E-state index in [-0.39, 0.29) is 18.7 Å². The second-order valence-corrected chi connectivity index (χ2v) is 9.12. The molecule has 0 bridgehead atoms. The van der Waals surface area contributed by atoms with Crippen molar-refractivity contribution in [3.63, 3.8) is 0 Å². The molecule has 0 spiro atoms. The summed E-state index contributed by atoms with van der Waals surface area (Å²) < 4.78 is 5.23. The number of anilines is 2. The van der Waals surface area contributed by atoms with Gasteiger partial charge in [0, 0.05) is 22.4 Å². The third kappa shape index (κ3) is 6.36. The van der Waals surface area contributed by atoms with E-state index in [1.54, 1.807) is 24.3 Å². The summed E-state index contributed by atoms with van der Waals surface area (Å²) >= 11 is 0. The summed E-state index contributed by atoms with van der Waals surface area (Å²) in [5, 5.41) is 5.32. The number of hydrogen-bond donors (Lipinski definition) is 2. The Hall–Kier alpha value is -5.57. The molecule has 0 aromatic heterocycles. The van der Waals surface area contributed by atoms with Crippen LogP contribution >= 0.6 is 0 Å². The summed E-state index contributed by atoms with van der Waals surface area (Å²) in [6.07, 6.45) is -1.28. The van der Waals surface area contributed by atoms with E-state index in [4.69, 9.17) is 4.74 Å². The number of amides is 3. The maximum Gasteiger partial charge on any atom is 0.411 e. The topological polar surface area (TPSA) is 117 Å². The van der Waals surface area contributed by atoms with Gasteiger partial charge in [-0.05, 0) is 35.9 Å². The highest BCUT2D eigenvalue weighted by molar-refractivity contribution is 6.20. The maximum absolute atomic E-state index is 13.6. The van der Waals surface area contributed by atoms with Crippen molar-refractivity contribution in [2.45, 2.75) is 12.8 Å². The monoisotopic (exact) mass is 546 g/mol. The van der Waals surface area contributed by atoms with E-state index in [1.165, 1.54) is 17.0 Å². The predicted molar refractivity (Wildman–Crippen MR) is 155 cm³/mol. The summed E-state index contributed by atoms with van der Waals surface area (Å²) in [5.74, 6) is -1.09. The first-order chi connectivity index (χ1) is 20.0. The predicted octanol–water partition coefficient (Wildman–Crippen LogP) is 4.57. The lowest BCUT2D eigenvalue weighted by atomic mass is 10.0. The van der Waals surface area contributed by atoms with Gasteiger partial charge < -0.3 is 19.7 Å². The molecule has 0 saturated heterocycles. The third-order valence-electron chi connectivity index (χ3n) is 6.39. The maximum atomic E-state index is 13.6. The quantitative estimate of drug-likeness (QED) is 0.314. The Morgan fingerprint density at radius 3 is 2.22 bits per heavy atom. The van der Waals surface area contributed by atoms with Crippen LogP contribution in [0.2, 0.25) is 0 Å². The molecule has 1 atom stereocenters. The van der Waals surface area contributed by atoms with Gasteiger partial charge in [0.15, 0.2) is 0 Å². The van der Waals surface area contributed by atoms with Crippen molar-refractivity contribution in [3.8, 4) is 0 Å². The van der Waals surface area contributed by atoms with Gasteiger partial charge in [0.2, 0.25) is 6.17 Å². The van der Waals surface area contributed by atoms with E-state index >= 15 is 0 Å². The molecule has 3 amide bonds. The number of carbonyl (C=O) groups excluding carboxylic acids is 4. The number of rotatable bonds is 8. The molecule has 2 N–H and O–H groups in total. The van der Waals surface area contributed by atoms with E-state index in [0.717, 1.165) is 11.1 Å². The molecule has 5 rings (SSSR count). The molecular weight excluding hydrogens is 520 g/mol. The fraction of sp³-hybridized carbons (Fsp3) is 0.0938. The number of para-hydroxylation sites is 1. The molecule has 1 aliphatic rings. The summed E-state index contributed by atoms with van der Waals surface area (Å²) in [7, 11) is 0. The molecule has 0 fully saturated rings. The van der Waals surface area contributed by atoms with Gasteiger partial charge in [-0.3, -0.25) is 14.9 Å². The number of fused-ring (bicyclic) bond motifs is 1. The van der Waals surface area contributed by atoms with Crippen molar-refractivity contribution >= 4 is 41.3 Å². The Morgan fingerprint density at radius 1 is 0.854 bits per heavy atom. The van der Waals surface area contributed by atoms with Crippen molar-refractivity contribution in [3.05, 3.63) is 131 Å². The summed E-state index contributed by atoms with van der Waals surface area (Å²) in [4.78, 5) is 56.4. The number of aliphatic imine (C=N–C) groups is 1. The lowest BCUT2D eigenvalue weighted by molar-refractivity contribution is -0.121. The van der Waals surface area contributed by atoms with Crippen LogP contribution in [-0.4, -0.2) is 42.6 Å². The average molecular weight is 547 g/mol. The minimum absolute atomic E-state index is 0.124. The zero-order chi connectivity index (χ0) is 28.6. The molecule has 9 nitrogen and oxygen atoms in total. The number of carbonyl (C=O) groups is 4. The average Bonchev–Trinajstić information content (AvgIpc) is 3.12. The highest BCUT2D eigenvalue weighted by Crippen LogP contribution is 2.28. The van der Waals surface area contributed by atoms with Crippen molar-refractivity contribution < 1.29 is 23.9 Å². The largest absolute Gasteiger partial charge is 0.444 e. The van der Waals surface area contributed by atoms with Gasteiger partial charge >= 0.3 is 6.09 Å². The van der Waals surface area contributed by atoms with E-state index < -0.39 is 24.1 Å². The number of aldehydes is 1. The first-order valence-electron chi connectivity index (χ1n) is 12.9. The molecule has 0 radical (unpaired) electrons. The van der Waals surface area contributed by atoms with Crippen LogP contribution in [0.3, 0.4) is 0 Å². The van der Waals surface area contributed by atoms with Crippen LogP contribution in [0.5, 0.6) is 0 Å². The highest BCUT2D eigenvalue weighted by Gasteiger charge is 2.33. The second kappa shape index (κ2) is 12.5. The summed E-state index contributed by atoms with van der Waals surface area (Å²) in [6.45, 7) is -0.0698. The van der Waals surface area contributed by atoms with Crippen LogP contribution in [0.4, 0.5) is 16.2 Å². The second-order valence-electron chi connectivity index (χ2n) is 9.12. The zero-order valence-corrected chi connectivity index (χ0v) is 21.9. The zero-order valence-electron chi connectivity index (χ0n) is 21.9. The Morgan fingerprint density at radius 2 is 1.51 bits per heavy atom. The fourth-order valence-electron chi connectivity index (χ4n) is 4.40. The van der Waals surface area contributed by atoms with E-state index in [1.807, 2.05) is 72.8 Å². The Bertz CT molecular complexity index is 1590. The molecule has 41 heavy (non-hydrogen) atoms. The van der Waals surface area contributed by atoms with Gasteiger partial charge in [0.1, 0.15) is 12.9 Å². The minimum Gasteiger partial charge on any atom is -0.444 e. The van der Waals surface area contributed by atoms with Crippen LogP contribution in [0.1, 0.15) is 27.0 Å². The van der Waals surface area contributed by atoms with E-state index in [9.17, 15) is 19.2 Å². The Balaban J connectivity index is 1.33. The fourth-order valence-corrected chi connectivity index (χ4v) is 4.40. The lowest BCUT2D eigenvalue weighted by Gasteiger charge is -2.23. The van der Waals surface area contributed by atoms with Gasteiger partial charge in [-0.15, -0.1) is 0 Å². The summed E-state index contributed by atoms with van der Waals surface area (Å²) in [6, 6.07) is 31.9.